The van der Waals surface area contributed by atoms with Crippen LogP contribution < -0.4 is 0 Å². The molecule has 0 aromatic heterocycles. The van der Waals surface area contributed by atoms with E-state index < -0.39 is 6.09 Å². The monoisotopic (exact) mass is 261 g/mol. The summed E-state index contributed by atoms with van der Waals surface area (Å²) in [4.78, 5) is 23.7. The molecule has 0 radical (unpaired) electrons. The number of carbonyl (C=O) groups is 2. The molecule has 5 heteroatoms. The highest BCUT2D eigenvalue weighted by Gasteiger charge is 2.26. The molecule has 19 heavy (non-hydrogen) atoms. The smallest absolute Gasteiger partial charge is 0.416 e. The van der Waals surface area contributed by atoms with E-state index in [1.807, 2.05) is 30.3 Å². The summed E-state index contributed by atoms with van der Waals surface area (Å²) in [5, 5.41) is 0. The largest absolute Gasteiger partial charge is 0.447 e. The quantitative estimate of drug-likeness (QED) is 0.598. The number of benzene rings is 1. The number of amides is 2. The van der Waals surface area contributed by atoms with Crippen molar-refractivity contribution in [2.45, 2.75) is 6.61 Å². The minimum absolute atomic E-state index is 0.267. The molecule has 1 aromatic rings. The van der Waals surface area contributed by atoms with Gasteiger partial charge in [-0.05, 0) is 5.56 Å². The van der Waals surface area contributed by atoms with E-state index in [4.69, 9.17) is 4.74 Å². The maximum atomic E-state index is 11.6. The van der Waals surface area contributed by atoms with Crippen LogP contribution in [0.4, 0.5) is 4.79 Å². The third-order valence-corrected chi connectivity index (χ3v) is 2.61. The van der Waals surface area contributed by atoms with Gasteiger partial charge in [0.05, 0.1) is 19.8 Å². The Morgan fingerprint density at radius 2 is 2.16 bits per heavy atom. The van der Waals surface area contributed by atoms with Crippen molar-refractivity contribution in [1.29, 1.82) is 0 Å². The first-order valence-electron chi connectivity index (χ1n) is 6.04. The zero-order valence-corrected chi connectivity index (χ0v) is 10.5. The number of cyclic esters (lactones) is 1. The van der Waals surface area contributed by atoms with Crippen LogP contribution in [-0.4, -0.2) is 36.7 Å². The van der Waals surface area contributed by atoms with Crippen LogP contribution in [0.1, 0.15) is 5.56 Å². The van der Waals surface area contributed by atoms with E-state index in [-0.39, 0.29) is 12.5 Å². The van der Waals surface area contributed by atoms with E-state index in [1.165, 1.54) is 6.08 Å². The Morgan fingerprint density at radius 3 is 2.84 bits per heavy atom. The number of rotatable bonds is 5. The average molecular weight is 261 g/mol. The molecule has 0 unspecified atom stereocenters. The van der Waals surface area contributed by atoms with Crippen LogP contribution in [0.5, 0.6) is 0 Å². The first-order chi connectivity index (χ1) is 9.27. The van der Waals surface area contributed by atoms with Crippen LogP contribution >= 0.6 is 0 Å². The topological polar surface area (TPSA) is 55.8 Å². The number of imide groups is 1. The van der Waals surface area contributed by atoms with Gasteiger partial charge in [-0.1, -0.05) is 36.4 Å². The predicted molar refractivity (Wildman–Crippen MR) is 68.3 cm³/mol. The van der Waals surface area contributed by atoms with E-state index in [2.05, 4.69) is 4.74 Å². The van der Waals surface area contributed by atoms with E-state index in [1.54, 1.807) is 6.08 Å². The molecule has 0 saturated carbocycles. The van der Waals surface area contributed by atoms with Gasteiger partial charge in [-0.3, -0.25) is 4.79 Å². The fourth-order valence-electron chi connectivity index (χ4n) is 1.65. The molecule has 1 aliphatic rings. The molecule has 1 saturated heterocycles. The zero-order valence-electron chi connectivity index (χ0n) is 10.5. The summed E-state index contributed by atoms with van der Waals surface area (Å²) in [6.45, 7) is 1.39. The fourth-order valence-corrected chi connectivity index (χ4v) is 1.65. The lowest BCUT2D eigenvalue weighted by atomic mass is 10.2. The normalized spacial score (nSPS) is 14.9. The zero-order chi connectivity index (χ0) is 13.5. The molecule has 0 N–H and O–H groups in total. The Balaban J connectivity index is 1.69. The SMILES string of the molecule is O=C(/C=C\COCc1ccccc1)N1CCOC1=O. The van der Waals surface area contributed by atoms with Crippen molar-refractivity contribution in [2.24, 2.45) is 0 Å². The van der Waals surface area contributed by atoms with Gasteiger partial charge in [-0.2, -0.15) is 0 Å². The predicted octanol–water partition coefficient (Wildman–Crippen LogP) is 1.74. The van der Waals surface area contributed by atoms with Crippen LogP contribution in [0.3, 0.4) is 0 Å². The summed E-state index contributed by atoms with van der Waals surface area (Å²) < 4.78 is 10.1. The Labute approximate surface area is 111 Å². The Morgan fingerprint density at radius 1 is 1.37 bits per heavy atom. The van der Waals surface area contributed by atoms with Crippen molar-refractivity contribution >= 4 is 12.0 Å². The van der Waals surface area contributed by atoms with Gasteiger partial charge in [0.2, 0.25) is 0 Å². The number of carbonyl (C=O) groups excluding carboxylic acids is 2. The molecular formula is C14H15NO4. The maximum absolute atomic E-state index is 11.6. The van der Waals surface area contributed by atoms with E-state index in [9.17, 15) is 9.59 Å². The Hall–Kier alpha value is -2.14. The lowest BCUT2D eigenvalue weighted by molar-refractivity contribution is -0.122. The van der Waals surface area contributed by atoms with Crippen LogP contribution in [0.15, 0.2) is 42.5 Å². The minimum Gasteiger partial charge on any atom is -0.447 e. The van der Waals surface area contributed by atoms with Gasteiger partial charge in [-0.25, -0.2) is 9.69 Å². The molecule has 100 valence electrons. The molecule has 2 amide bonds. The summed E-state index contributed by atoms with van der Waals surface area (Å²) in [5.41, 5.74) is 1.07. The molecule has 5 nitrogen and oxygen atoms in total. The van der Waals surface area contributed by atoms with Crippen molar-refractivity contribution < 1.29 is 19.1 Å². The molecular weight excluding hydrogens is 246 g/mol. The Bertz CT molecular complexity index is 470. The van der Waals surface area contributed by atoms with Crippen molar-refractivity contribution in [3.63, 3.8) is 0 Å². The molecule has 0 aliphatic carbocycles. The van der Waals surface area contributed by atoms with Crippen molar-refractivity contribution in [2.75, 3.05) is 19.8 Å². The molecule has 0 bridgehead atoms. The second-order valence-corrected chi connectivity index (χ2v) is 4.01. The molecule has 0 spiro atoms. The molecule has 1 fully saturated rings. The van der Waals surface area contributed by atoms with Crippen LogP contribution in [0.2, 0.25) is 0 Å². The van der Waals surface area contributed by atoms with Crippen LogP contribution in [-0.2, 0) is 20.9 Å². The van der Waals surface area contributed by atoms with Gasteiger partial charge in [-0.15, -0.1) is 0 Å². The van der Waals surface area contributed by atoms with Crippen molar-refractivity contribution in [1.82, 2.24) is 4.90 Å². The first-order valence-corrected chi connectivity index (χ1v) is 6.04. The number of hydrogen-bond donors (Lipinski definition) is 0. The average Bonchev–Trinajstić information content (AvgIpc) is 2.86. The van der Waals surface area contributed by atoms with Gasteiger partial charge in [0.15, 0.2) is 0 Å². The molecule has 1 aliphatic heterocycles. The first kappa shape index (κ1) is 13.3. The summed E-state index contributed by atoms with van der Waals surface area (Å²) in [5.74, 6) is -0.370. The highest BCUT2D eigenvalue weighted by Crippen LogP contribution is 2.04. The minimum atomic E-state index is -0.583. The summed E-state index contributed by atoms with van der Waals surface area (Å²) in [6.07, 6.45) is 2.34. The fraction of sp³-hybridized carbons (Fsp3) is 0.286. The molecule has 2 rings (SSSR count). The molecule has 0 atom stereocenters. The van der Waals surface area contributed by atoms with Crippen LogP contribution in [0, 0.1) is 0 Å². The molecule has 1 aromatic carbocycles. The maximum Gasteiger partial charge on any atom is 0.416 e. The second kappa shape index (κ2) is 6.70. The Kier molecular flexibility index (Phi) is 4.69. The van der Waals surface area contributed by atoms with Crippen molar-refractivity contribution in [3.05, 3.63) is 48.0 Å². The van der Waals surface area contributed by atoms with Crippen molar-refractivity contribution in [3.8, 4) is 0 Å². The summed E-state index contributed by atoms with van der Waals surface area (Å²) in [7, 11) is 0. The second-order valence-electron chi connectivity index (χ2n) is 4.01. The molecule has 1 heterocycles. The van der Waals surface area contributed by atoms with Gasteiger partial charge in [0.1, 0.15) is 6.61 Å². The lowest BCUT2D eigenvalue weighted by Gasteiger charge is -2.06. The van der Waals surface area contributed by atoms with Gasteiger partial charge >= 0.3 is 6.09 Å². The van der Waals surface area contributed by atoms with Gasteiger partial charge < -0.3 is 9.47 Å². The summed E-state index contributed by atoms with van der Waals surface area (Å²) >= 11 is 0. The van der Waals surface area contributed by atoms with E-state index >= 15 is 0 Å². The standard InChI is InChI=1S/C14H15NO4/c16-13(15-8-10-19-14(15)17)7-4-9-18-11-12-5-2-1-3-6-12/h1-7H,8-11H2/b7-4-. The number of nitrogens with zero attached hydrogens (tertiary/aromatic N) is 1. The highest BCUT2D eigenvalue weighted by molar-refractivity contribution is 5.99. The number of hydrogen-bond acceptors (Lipinski definition) is 4. The third kappa shape index (κ3) is 3.93. The highest BCUT2D eigenvalue weighted by atomic mass is 16.6. The lowest BCUT2D eigenvalue weighted by Crippen LogP contribution is -2.29. The third-order valence-electron chi connectivity index (χ3n) is 2.61. The van der Waals surface area contributed by atoms with Crippen LogP contribution in [0.25, 0.3) is 0 Å². The van der Waals surface area contributed by atoms with E-state index in [0.717, 1.165) is 10.5 Å². The van der Waals surface area contributed by atoms with Gasteiger partial charge in [0.25, 0.3) is 5.91 Å². The summed E-state index contributed by atoms with van der Waals surface area (Å²) in [6, 6.07) is 9.76. The number of ether oxygens (including phenoxy) is 2. The van der Waals surface area contributed by atoms with E-state index in [0.29, 0.717) is 19.8 Å². The van der Waals surface area contributed by atoms with Gasteiger partial charge in [0, 0.05) is 6.08 Å².